The zero-order chi connectivity index (χ0) is 30.1. The molecule has 12 heteroatoms. The fraction of sp³-hybridized carbons (Fsp3) is 0.533. The zero-order valence-corrected chi connectivity index (χ0v) is 24.6. The van der Waals surface area contributed by atoms with Crippen LogP contribution in [0.1, 0.15) is 50.1 Å². The second kappa shape index (κ2) is 12.2. The monoisotopic (exact) mass is 585 g/mol. The molecule has 3 aromatic rings. The van der Waals surface area contributed by atoms with E-state index in [0.29, 0.717) is 53.7 Å². The minimum absolute atomic E-state index is 0.0703. The second-order valence-corrected chi connectivity index (χ2v) is 11.2. The van der Waals surface area contributed by atoms with Crippen molar-refractivity contribution in [2.24, 2.45) is 0 Å². The van der Waals surface area contributed by atoms with E-state index in [9.17, 15) is 14.3 Å². The molecule has 0 radical (unpaired) electrons. The number of anilines is 1. The molecule has 0 spiro atoms. The average Bonchev–Trinajstić information content (AvgIpc) is 3.44. The number of aliphatic hydroxyl groups is 1. The number of nitrogens with zero attached hydrogens (tertiary/aromatic N) is 5. The van der Waals surface area contributed by atoms with E-state index in [1.165, 1.54) is 30.0 Å². The summed E-state index contributed by atoms with van der Waals surface area (Å²) in [5, 5.41) is 14.2. The Morgan fingerprint density at radius 2 is 2.00 bits per heavy atom. The maximum Gasteiger partial charge on any atom is 0.410 e. The molecule has 4 atom stereocenters. The largest absolute Gasteiger partial charge is 0.491 e. The Balaban J connectivity index is 1.58. The first-order chi connectivity index (χ1) is 20.0. The van der Waals surface area contributed by atoms with Crippen LogP contribution in [-0.4, -0.2) is 81.9 Å². The normalized spacial score (nSPS) is 20.0. The summed E-state index contributed by atoms with van der Waals surface area (Å²) in [6.07, 6.45) is -0.803. The molecule has 4 heterocycles. The minimum atomic E-state index is -1.21. The third kappa shape index (κ3) is 6.04. The number of aryl methyl sites for hydroxylation is 2. The Morgan fingerprint density at radius 3 is 2.69 bits per heavy atom. The van der Waals surface area contributed by atoms with Crippen molar-refractivity contribution >= 4 is 11.9 Å². The minimum Gasteiger partial charge on any atom is -0.491 e. The first kappa shape index (κ1) is 29.7. The third-order valence-electron chi connectivity index (χ3n) is 7.71. The van der Waals surface area contributed by atoms with Gasteiger partial charge in [-0.3, -0.25) is 0 Å². The van der Waals surface area contributed by atoms with Gasteiger partial charge in [0.2, 0.25) is 0 Å². The van der Waals surface area contributed by atoms with Gasteiger partial charge in [-0.25, -0.2) is 23.5 Å². The van der Waals surface area contributed by atoms with Gasteiger partial charge in [-0.05, 0) is 52.3 Å². The number of benzene rings is 1. The molecule has 0 saturated carbocycles. The first-order valence-corrected chi connectivity index (χ1v) is 14.3. The van der Waals surface area contributed by atoms with E-state index in [0.717, 1.165) is 12.0 Å². The van der Waals surface area contributed by atoms with Crippen molar-refractivity contribution in [2.75, 3.05) is 31.1 Å². The Labute approximate surface area is 243 Å². The van der Waals surface area contributed by atoms with E-state index in [1.54, 1.807) is 6.92 Å². The maximum absolute atomic E-state index is 15.4. The van der Waals surface area contributed by atoms with Crippen LogP contribution in [0.3, 0.4) is 0 Å². The van der Waals surface area contributed by atoms with Crippen LogP contribution in [0.5, 0.6) is 5.75 Å². The molecule has 2 bridgehead atoms. The topological polar surface area (TPSA) is 114 Å². The first-order valence-electron chi connectivity index (χ1n) is 14.3. The summed E-state index contributed by atoms with van der Waals surface area (Å²) in [6.45, 7) is 9.51. The summed E-state index contributed by atoms with van der Waals surface area (Å²) in [7, 11) is 0. The number of hydrogen-bond acceptors (Lipinski definition) is 9. The second-order valence-electron chi connectivity index (χ2n) is 11.2. The molecule has 1 aromatic carbocycles. The highest BCUT2D eigenvalue weighted by atomic mass is 19.1. The van der Waals surface area contributed by atoms with Gasteiger partial charge in [0.1, 0.15) is 42.0 Å². The van der Waals surface area contributed by atoms with Gasteiger partial charge in [0, 0.05) is 18.5 Å². The van der Waals surface area contributed by atoms with Crippen molar-refractivity contribution in [3.8, 4) is 28.4 Å². The molecule has 2 saturated heterocycles. The number of fused-ring (bicyclic) bond motifs is 2. The molecule has 0 aliphatic carbocycles. The molecule has 42 heavy (non-hydrogen) atoms. The van der Waals surface area contributed by atoms with Gasteiger partial charge in [-0.15, -0.1) is 0 Å². The van der Waals surface area contributed by atoms with Crippen LogP contribution in [0.25, 0.3) is 22.6 Å². The van der Waals surface area contributed by atoms with Crippen LogP contribution < -0.4 is 9.64 Å². The van der Waals surface area contributed by atoms with Crippen molar-refractivity contribution < 1.29 is 32.7 Å². The van der Waals surface area contributed by atoms with Crippen molar-refractivity contribution in [1.82, 2.24) is 20.0 Å². The Morgan fingerprint density at radius 1 is 1.21 bits per heavy atom. The molecule has 226 valence electrons. The fourth-order valence-corrected chi connectivity index (χ4v) is 5.73. The molecular formula is C30H37F2N5O5. The number of amides is 1. The lowest BCUT2D eigenvalue weighted by atomic mass is 10.0. The predicted molar refractivity (Wildman–Crippen MR) is 152 cm³/mol. The van der Waals surface area contributed by atoms with Crippen molar-refractivity contribution in [1.29, 1.82) is 0 Å². The standard InChI is InChI=1S/C30H37F2N5O5/c1-6-7-21(38)15-40-22-8-9-25(32)24(11-22)28-33-27(26-18(4)35-42-19(26)5)17(3)29(34-28)37-14-23-10-20(37)13-36(12-16(2)31)30(39)41-23/h8-9,11,16,20-21,23,38H,6-7,10,12-15H2,1-5H3/t16?,20-,21-,23-/m1/s1. The summed E-state index contributed by atoms with van der Waals surface area (Å²) < 4.78 is 46.1. The molecular weight excluding hydrogens is 548 g/mol. The van der Waals surface area contributed by atoms with Crippen LogP contribution in [-0.2, 0) is 4.74 Å². The van der Waals surface area contributed by atoms with Crippen LogP contribution in [0.15, 0.2) is 22.7 Å². The molecule has 2 fully saturated rings. The van der Waals surface area contributed by atoms with Crippen LogP contribution in [0, 0.1) is 26.6 Å². The lowest BCUT2D eigenvalue weighted by Gasteiger charge is -2.33. The van der Waals surface area contributed by atoms with Crippen LogP contribution in [0.2, 0.25) is 0 Å². The van der Waals surface area contributed by atoms with Crippen molar-refractivity contribution in [2.45, 2.75) is 78.3 Å². The van der Waals surface area contributed by atoms with Crippen LogP contribution in [0.4, 0.5) is 19.4 Å². The van der Waals surface area contributed by atoms with E-state index < -0.39 is 30.3 Å². The number of halogens is 2. The number of hydrogen-bond donors (Lipinski definition) is 1. The summed E-state index contributed by atoms with van der Waals surface area (Å²) in [5.74, 6) is 1.08. The van der Waals surface area contributed by atoms with E-state index in [1.807, 2.05) is 25.7 Å². The van der Waals surface area contributed by atoms with Gasteiger partial charge in [0.05, 0.1) is 47.8 Å². The number of alkyl halides is 1. The molecule has 1 N–H and O–H groups in total. The van der Waals surface area contributed by atoms with Gasteiger partial charge >= 0.3 is 6.09 Å². The van der Waals surface area contributed by atoms with Gasteiger partial charge < -0.3 is 28.9 Å². The molecule has 2 aliphatic heterocycles. The fourth-order valence-electron chi connectivity index (χ4n) is 5.73. The van der Waals surface area contributed by atoms with E-state index >= 15 is 4.39 Å². The molecule has 10 nitrogen and oxygen atoms in total. The summed E-state index contributed by atoms with van der Waals surface area (Å²) >= 11 is 0. The number of aromatic nitrogens is 3. The highest BCUT2D eigenvalue weighted by molar-refractivity contribution is 5.76. The summed E-state index contributed by atoms with van der Waals surface area (Å²) in [6, 6.07) is 4.12. The smallest absolute Gasteiger partial charge is 0.410 e. The van der Waals surface area contributed by atoms with Crippen molar-refractivity contribution in [3.05, 3.63) is 41.0 Å². The Kier molecular flexibility index (Phi) is 8.63. The third-order valence-corrected chi connectivity index (χ3v) is 7.71. The zero-order valence-electron chi connectivity index (χ0n) is 24.6. The van der Waals surface area contributed by atoms with E-state index in [2.05, 4.69) is 5.16 Å². The van der Waals surface area contributed by atoms with Gasteiger partial charge in [-0.2, -0.15) is 0 Å². The molecule has 5 rings (SSSR count). The molecule has 1 unspecified atom stereocenters. The highest BCUT2D eigenvalue weighted by Crippen LogP contribution is 2.39. The number of carbonyl (C=O) groups is 1. The Bertz CT molecular complexity index is 1430. The summed E-state index contributed by atoms with van der Waals surface area (Å²) in [4.78, 5) is 25.7. The van der Waals surface area contributed by atoms with Gasteiger partial charge in [-0.1, -0.05) is 18.5 Å². The SMILES string of the molecule is CCC[C@@H](O)COc1ccc(F)c(-c2nc(-c3c(C)noc3C)c(C)c(N3C[C@H]4C[C@@H]3CN(CC(C)F)C(=O)O4)n2)c1. The summed E-state index contributed by atoms with van der Waals surface area (Å²) in [5.41, 5.74) is 2.71. The number of aliphatic hydroxyl groups excluding tert-OH is 1. The Hall–Kier alpha value is -3.80. The van der Waals surface area contributed by atoms with E-state index in [4.69, 9.17) is 24.0 Å². The molecule has 1 amide bonds. The van der Waals surface area contributed by atoms with E-state index in [-0.39, 0.29) is 37.1 Å². The lowest BCUT2D eigenvalue weighted by molar-refractivity contribution is 0.0738. The average molecular weight is 586 g/mol. The maximum atomic E-state index is 15.4. The van der Waals surface area contributed by atoms with Gasteiger partial charge in [0.25, 0.3) is 0 Å². The molecule has 2 aliphatic rings. The molecule has 2 aromatic heterocycles. The van der Waals surface area contributed by atoms with Crippen LogP contribution >= 0.6 is 0 Å². The quantitative estimate of drug-likeness (QED) is 0.345. The number of ether oxygens (including phenoxy) is 2. The number of rotatable bonds is 10. The predicted octanol–water partition coefficient (Wildman–Crippen LogP) is 5.16. The van der Waals surface area contributed by atoms with Gasteiger partial charge in [0.15, 0.2) is 5.82 Å². The number of carbonyl (C=O) groups excluding carboxylic acids is 1. The lowest BCUT2D eigenvalue weighted by Crippen LogP contribution is -2.46. The van der Waals surface area contributed by atoms with Crippen molar-refractivity contribution in [3.63, 3.8) is 0 Å². The highest BCUT2D eigenvalue weighted by Gasteiger charge is 2.42.